The summed E-state index contributed by atoms with van der Waals surface area (Å²) in [5.41, 5.74) is 1.27. The molecule has 0 aliphatic carbocycles. The fourth-order valence-corrected chi connectivity index (χ4v) is 7.26. The summed E-state index contributed by atoms with van der Waals surface area (Å²) < 4.78 is 0. The maximum absolute atomic E-state index is 6.17. The van der Waals surface area contributed by atoms with E-state index in [1.165, 1.54) is 67.7 Å². The molecule has 4 rings (SSSR count). The number of anilines is 1. The van der Waals surface area contributed by atoms with Crippen LogP contribution >= 0.6 is 35.1 Å². The summed E-state index contributed by atoms with van der Waals surface area (Å²) in [5, 5.41) is 0.840. The topological polar surface area (TPSA) is 9.72 Å². The van der Waals surface area contributed by atoms with Crippen molar-refractivity contribution in [1.29, 1.82) is 0 Å². The van der Waals surface area contributed by atoms with Crippen LogP contribution in [0.15, 0.2) is 24.3 Å². The Bertz CT molecular complexity index is 572. The van der Waals surface area contributed by atoms with Crippen LogP contribution in [-0.2, 0) is 0 Å². The van der Waals surface area contributed by atoms with Crippen LogP contribution in [0.5, 0.6) is 0 Å². The summed E-state index contributed by atoms with van der Waals surface area (Å²) in [4.78, 5) is 8.05. The molecule has 0 amide bonds. The van der Waals surface area contributed by atoms with Gasteiger partial charge in [-0.2, -0.15) is 23.5 Å². The standard InChI is InChI=1S/C20H30ClN3S2/c21-17-3-1-4-18(13-17)22-7-9-23(10-8-22)19-5-2-6-24(14-19)20-15-25-11-12-26-16-20/h1,3-4,13,19-20H,2,5-12,14-16H2. The predicted octanol–water partition coefficient (Wildman–Crippen LogP) is 3.78. The number of hydrogen-bond acceptors (Lipinski definition) is 5. The van der Waals surface area contributed by atoms with Crippen LogP contribution < -0.4 is 4.90 Å². The van der Waals surface area contributed by atoms with Crippen LogP contribution in [0, 0.1) is 0 Å². The highest BCUT2D eigenvalue weighted by atomic mass is 35.5. The molecular formula is C20H30ClN3S2. The molecule has 1 aromatic rings. The Balaban J connectivity index is 1.31. The molecule has 3 heterocycles. The predicted molar refractivity (Wildman–Crippen MR) is 118 cm³/mol. The zero-order chi connectivity index (χ0) is 17.8. The summed E-state index contributed by atoms with van der Waals surface area (Å²) in [6.45, 7) is 7.18. The fraction of sp³-hybridized carbons (Fsp3) is 0.700. The summed E-state index contributed by atoms with van der Waals surface area (Å²) in [6, 6.07) is 9.85. The highest BCUT2D eigenvalue weighted by Gasteiger charge is 2.31. The third kappa shape index (κ3) is 4.85. The number of rotatable bonds is 3. The second kappa shape index (κ2) is 9.42. The molecule has 3 aliphatic rings. The monoisotopic (exact) mass is 411 g/mol. The number of nitrogens with zero attached hydrogens (tertiary/aromatic N) is 3. The van der Waals surface area contributed by atoms with Crippen LogP contribution in [0.1, 0.15) is 12.8 Å². The number of thioether (sulfide) groups is 2. The molecule has 0 aromatic heterocycles. The molecule has 0 saturated carbocycles. The SMILES string of the molecule is Clc1cccc(N2CCN(C3CCCN(C4CSCCSC4)C3)CC2)c1. The first-order valence-electron chi connectivity index (χ1n) is 9.94. The molecule has 0 spiro atoms. The van der Waals surface area contributed by atoms with E-state index in [2.05, 4.69) is 56.4 Å². The quantitative estimate of drug-likeness (QED) is 0.746. The number of hydrogen-bond donors (Lipinski definition) is 0. The summed E-state index contributed by atoms with van der Waals surface area (Å²) >= 11 is 10.5. The Morgan fingerprint density at radius 2 is 1.65 bits per heavy atom. The Hall–Kier alpha value is -0.0700. The van der Waals surface area contributed by atoms with Crippen molar-refractivity contribution in [3.63, 3.8) is 0 Å². The second-order valence-corrected chi connectivity index (χ2v) is 10.3. The van der Waals surface area contributed by atoms with Crippen molar-refractivity contribution in [1.82, 2.24) is 9.80 Å². The van der Waals surface area contributed by atoms with Gasteiger partial charge in [-0.1, -0.05) is 17.7 Å². The van der Waals surface area contributed by atoms with Crippen molar-refractivity contribution < 1.29 is 0 Å². The van der Waals surface area contributed by atoms with Crippen molar-refractivity contribution in [2.24, 2.45) is 0 Å². The van der Waals surface area contributed by atoms with Crippen LogP contribution in [-0.4, -0.2) is 84.2 Å². The first-order valence-corrected chi connectivity index (χ1v) is 12.6. The minimum atomic E-state index is 0.753. The smallest absolute Gasteiger partial charge is 0.0426 e. The van der Waals surface area contributed by atoms with Crippen molar-refractivity contribution >= 4 is 40.8 Å². The van der Waals surface area contributed by atoms with Crippen molar-refractivity contribution in [3.05, 3.63) is 29.3 Å². The number of piperazine rings is 1. The van der Waals surface area contributed by atoms with Gasteiger partial charge in [0.1, 0.15) is 0 Å². The summed E-state index contributed by atoms with van der Waals surface area (Å²) in [5.74, 6) is 5.35. The van der Waals surface area contributed by atoms with Gasteiger partial charge in [0.05, 0.1) is 0 Å². The molecule has 6 heteroatoms. The minimum Gasteiger partial charge on any atom is -0.369 e. The first kappa shape index (κ1) is 19.3. The normalized spacial score (nSPS) is 27.4. The second-order valence-electron chi connectivity index (χ2n) is 7.60. The van der Waals surface area contributed by atoms with E-state index in [4.69, 9.17) is 11.6 Å². The van der Waals surface area contributed by atoms with E-state index < -0.39 is 0 Å². The molecule has 0 N–H and O–H groups in total. The van der Waals surface area contributed by atoms with Crippen LogP contribution in [0.4, 0.5) is 5.69 Å². The number of likely N-dealkylation sites (tertiary alicyclic amines) is 1. The third-order valence-electron chi connectivity index (χ3n) is 5.94. The maximum Gasteiger partial charge on any atom is 0.0426 e. The van der Waals surface area contributed by atoms with Gasteiger partial charge in [0.15, 0.2) is 0 Å². The lowest BCUT2D eigenvalue weighted by molar-refractivity contribution is 0.0783. The molecule has 3 nitrogen and oxygen atoms in total. The van der Waals surface area contributed by atoms with Gasteiger partial charge < -0.3 is 4.90 Å². The molecule has 3 saturated heterocycles. The molecule has 0 radical (unpaired) electrons. The van der Waals surface area contributed by atoms with Gasteiger partial charge in [-0.3, -0.25) is 9.80 Å². The zero-order valence-corrected chi connectivity index (χ0v) is 17.9. The largest absolute Gasteiger partial charge is 0.369 e. The van der Waals surface area contributed by atoms with Crippen LogP contribution in [0.25, 0.3) is 0 Å². The highest BCUT2D eigenvalue weighted by molar-refractivity contribution is 8.03. The molecule has 3 aliphatic heterocycles. The molecular weight excluding hydrogens is 382 g/mol. The average molecular weight is 412 g/mol. The van der Waals surface area contributed by atoms with E-state index in [9.17, 15) is 0 Å². The maximum atomic E-state index is 6.17. The van der Waals surface area contributed by atoms with Gasteiger partial charge >= 0.3 is 0 Å². The Labute approximate surface area is 171 Å². The minimum absolute atomic E-state index is 0.753. The van der Waals surface area contributed by atoms with Gasteiger partial charge in [-0.25, -0.2) is 0 Å². The number of piperidine rings is 1. The van der Waals surface area contributed by atoms with Crippen LogP contribution in [0.3, 0.4) is 0 Å². The van der Waals surface area contributed by atoms with Crippen LogP contribution in [0.2, 0.25) is 5.02 Å². The molecule has 144 valence electrons. The van der Waals surface area contributed by atoms with E-state index in [1.54, 1.807) is 0 Å². The number of halogens is 1. The molecule has 26 heavy (non-hydrogen) atoms. The Morgan fingerprint density at radius 1 is 0.885 bits per heavy atom. The molecule has 1 atom stereocenters. The van der Waals surface area contributed by atoms with Gasteiger partial charge in [0.2, 0.25) is 0 Å². The van der Waals surface area contributed by atoms with E-state index in [-0.39, 0.29) is 0 Å². The van der Waals surface area contributed by atoms with Gasteiger partial charge in [-0.05, 0) is 37.6 Å². The van der Waals surface area contributed by atoms with Gasteiger partial charge in [0.25, 0.3) is 0 Å². The molecule has 0 bridgehead atoms. The van der Waals surface area contributed by atoms with Gasteiger partial charge in [-0.15, -0.1) is 0 Å². The highest BCUT2D eigenvalue weighted by Crippen LogP contribution is 2.26. The van der Waals surface area contributed by atoms with Crippen molar-refractivity contribution in [2.75, 3.05) is 67.2 Å². The van der Waals surface area contributed by atoms with E-state index >= 15 is 0 Å². The number of benzene rings is 1. The lowest BCUT2D eigenvalue weighted by atomic mass is 10.0. The summed E-state index contributed by atoms with van der Waals surface area (Å²) in [7, 11) is 0. The third-order valence-corrected chi connectivity index (χ3v) is 8.66. The van der Waals surface area contributed by atoms with E-state index in [0.717, 1.165) is 30.2 Å². The van der Waals surface area contributed by atoms with E-state index in [0.29, 0.717) is 0 Å². The first-order chi connectivity index (χ1) is 12.8. The zero-order valence-electron chi connectivity index (χ0n) is 15.5. The Morgan fingerprint density at radius 3 is 2.38 bits per heavy atom. The van der Waals surface area contributed by atoms with Gasteiger partial charge in [0, 0.05) is 78.5 Å². The summed E-state index contributed by atoms with van der Waals surface area (Å²) in [6.07, 6.45) is 2.74. The molecule has 3 fully saturated rings. The molecule has 1 unspecified atom stereocenters. The lowest BCUT2D eigenvalue weighted by Crippen LogP contribution is -2.57. The van der Waals surface area contributed by atoms with Crippen molar-refractivity contribution in [3.8, 4) is 0 Å². The average Bonchev–Trinajstić information content (AvgIpc) is 2.98. The fourth-order valence-electron chi connectivity index (χ4n) is 4.45. The van der Waals surface area contributed by atoms with E-state index in [1.807, 2.05) is 6.07 Å². The molecule has 1 aromatic carbocycles. The lowest BCUT2D eigenvalue weighted by Gasteiger charge is -2.45. The Kier molecular flexibility index (Phi) is 6.98. The van der Waals surface area contributed by atoms with Crippen molar-refractivity contribution in [2.45, 2.75) is 24.9 Å².